The van der Waals surface area contributed by atoms with Crippen LogP contribution in [-0.2, 0) is 4.79 Å². The predicted molar refractivity (Wildman–Crippen MR) is 95.0 cm³/mol. The number of thioether (sulfide) groups is 2. The SMILES string of the molecule is CNc1nnc(SCC(=O)NCCCSc2ccccc2)s1. The van der Waals surface area contributed by atoms with Crippen LogP contribution in [0.2, 0.25) is 0 Å². The van der Waals surface area contributed by atoms with Crippen molar-refractivity contribution >= 4 is 45.9 Å². The third kappa shape index (κ3) is 6.25. The second-order valence-electron chi connectivity index (χ2n) is 4.28. The lowest BCUT2D eigenvalue weighted by atomic mass is 10.4. The van der Waals surface area contributed by atoms with Crippen LogP contribution in [-0.4, -0.2) is 41.2 Å². The van der Waals surface area contributed by atoms with Crippen LogP contribution in [0.25, 0.3) is 0 Å². The van der Waals surface area contributed by atoms with Crippen LogP contribution in [0.3, 0.4) is 0 Å². The van der Waals surface area contributed by atoms with E-state index in [1.54, 1.807) is 7.05 Å². The van der Waals surface area contributed by atoms with Gasteiger partial charge < -0.3 is 10.6 Å². The van der Waals surface area contributed by atoms with Gasteiger partial charge >= 0.3 is 0 Å². The zero-order chi connectivity index (χ0) is 15.6. The highest BCUT2D eigenvalue weighted by molar-refractivity contribution is 8.01. The first-order chi connectivity index (χ1) is 10.8. The summed E-state index contributed by atoms with van der Waals surface area (Å²) in [6, 6.07) is 10.3. The number of carbonyl (C=O) groups is 1. The van der Waals surface area contributed by atoms with Gasteiger partial charge in [-0.1, -0.05) is 41.3 Å². The molecule has 0 aliphatic heterocycles. The molecule has 0 spiro atoms. The number of hydrogen-bond acceptors (Lipinski definition) is 7. The van der Waals surface area contributed by atoms with E-state index in [1.165, 1.54) is 28.0 Å². The van der Waals surface area contributed by atoms with Gasteiger partial charge in [-0.2, -0.15) is 0 Å². The van der Waals surface area contributed by atoms with Gasteiger partial charge in [0.15, 0.2) is 4.34 Å². The Kier molecular flexibility index (Phi) is 7.55. The average Bonchev–Trinajstić information content (AvgIpc) is 3.02. The minimum Gasteiger partial charge on any atom is -0.363 e. The molecule has 1 heterocycles. The zero-order valence-corrected chi connectivity index (χ0v) is 14.7. The number of carbonyl (C=O) groups excluding carboxylic acids is 1. The first-order valence-electron chi connectivity index (χ1n) is 6.86. The molecular weight excluding hydrogens is 336 g/mol. The molecule has 8 heteroatoms. The summed E-state index contributed by atoms with van der Waals surface area (Å²) in [5.41, 5.74) is 0. The normalized spacial score (nSPS) is 10.4. The number of anilines is 1. The van der Waals surface area contributed by atoms with Gasteiger partial charge in [0.2, 0.25) is 11.0 Å². The van der Waals surface area contributed by atoms with Gasteiger partial charge in [0.25, 0.3) is 0 Å². The summed E-state index contributed by atoms with van der Waals surface area (Å²) in [5, 5.41) is 14.5. The summed E-state index contributed by atoms with van der Waals surface area (Å²) in [6.07, 6.45) is 0.957. The van der Waals surface area contributed by atoms with Gasteiger partial charge in [0.1, 0.15) is 0 Å². The van der Waals surface area contributed by atoms with Crippen LogP contribution in [0.4, 0.5) is 5.13 Å². The van der Waals surface area contributed by atoms with Gasteiger partial charge in [-0.25, -0.2) is 0 Å². The molecule has 1 aromatic carbocycles. The molecule has 0 saturated carbocycles. The van der Waals surface area contributed by atoms with E-state index < -0.39 is 0 Å². The Bertz CT molecular complexity index is 576. The molecule has 0 radical (unpaired) electrons. The topological polar surface area (TPSA) is 66.9 Å². The first-order valence-corrected chi connectivity index (χ1v) is 9.65. The maximum Gasteiger partial charge on any atom is 0.230 e. The van der Waals surface area contributed by atoms with Crippen LogP contribution in [0.5, 0.6) is 0 Å². The van der Waals surface area contributed by atoms with Crippen molar-refractivity contribution in [3.8, 4) is 0 Å². The van der Waals surface area contributed by atoms with Crippen LogP contribution in [0, 0.1) is 0 Å². The number of rotatable bonds is 9. The Hall–Kier alpha value is -1.25. The molecule has 5 nitrogen and oxygen atoms in total. The average molecular weight is 355 g/mol. The minimum atomic E-state index is 0.0379. The molecular formula is C14H18N4OS3. The lowest BCUT2D eigenvalue weighted by Crippen LogP contribution is -2.26. The van der Waals surface area contributed by atoms with E-state index in [2.05, 4.69) is 33.0 Å². The maximum atomic E-state index is 11.7. The third-order valence-electron chi connectivity index (χ3n) is 2.60. The molecule has 0 bridgehead atoms. The fourth-order valence-electron chi connectivity index (χ4n) is 1.55. The Balaban J connectivity index is 1.54. The summed E-state index contributed by atoms with van der Waals surface area (Å²) in [7, 11) is 1.80. The van der Waals surface area contributed by atoms with Crippen molar-refractivity contribution < 1.29 is 4.79 Å². The lowest BCUT2D eigenvalue weighted by Gasteiger charge is -2.04. The van der Waals surface area contributed by atoms with Crippen molar-refractivity contribution in [2.75, 3.05) is 30.4 Å². The van der Waals surface area contributed by atoms with E-state index in [1.807, 2.05) is 30.0 Å². The first kappa shape index (κ1) is 17.1. The zero-order valence-electron chi connectivity index (χ0n) is 12.2. The smallest absolute Gasteiger partial charge is 0.230 e. The highest BCUT2D eigenvalue weighted by Gasteiger charge is 2.06. The minimum absolute atomic E-state index is 0.0379. The molecule has 22 heavy (non-hydrogen) atoms. The number of nitrogens with zero attached hydrogens (tertiary/aromatic N) is 2. The van der Waals surface area contributed by atoms with Crippen molar-refractivity contribution in [2.24, 2.45) is 0 Å². The van der Waals surface area contributed by atoms with Crippen molar-refractivity contribution in [1.29, 1.82) is 0 Å². The molecule has 0 aliphatic carbocycles. The molecule has 1 aromatic heterocycles. The van der Waals surface area contributed by atoms with Gasteiger partial charge in [-0.15, -0.1) is 22.0 Å². The number of benzene rings is 1. The Morgan fingerprint density at radius 1 is 1.23 bits per heavy atom. The third-order valence-corrected chi connectivity index (χ3v) is 5.77. The molecule has 2 N–H and O–H groups in total. The summed E-state index contributed by atoms with van der Waals surface area (Å²) in [5.74, 6) is 1.42. The molecule has 118 valence electrons. The molecule has 2 aromatic rings. The largest absolute Gasteiger partial charge is 0.363 e. The predicted octanol–water partition coefficient (Wildman–Crippen LogP) is 2.97. The Morgan fingerprint density at radius 3 is 2.77 bits per heavy atom. The van der Waals surface area contributed by atoms with Crippen LogP contribution >= 0.6 is 34.9 Å². The second kappa shape index (κ2) is 9.70. The maximum absolute atomic E-state index is 11.7. The van der Waals surface area contributed by atoms with Crippen LogP contribution in [0.15, 0.2) is 39.6 Å². The van der Waals surface area contributed by atoms with E-state index in [0.29, 0.717) is 12.3 Å². The van der Waals surface area contributed by atoms with Crippen molar-refractivity contribution in [3.63, 3.8) is 0 Å². The number of nitrogens with one attached hydrogen (secondary N) is 2. The lowest BCUT2D eigenvalue weighted by molar-refractivity contribution is -0.118. The Morgan fingerprint density at radius 2 is 2.05 bits per heavy atom. The molecule has 0 aliphatic rings. The fourth-order valence-corrected chi connectivity index (χ4v) is 3.96. The van der Waals surface area contributed by atoms with Crippen LogP contribution < -0.4 is 10.6 Å². The summed E-state index contributed by atoms with van der Waals surface area (Å²) >= 11 is 4.67. The van der Waals surface area contributed by atoms with Gasteiger partial charge in [0, 0.05) is 18.5 Å². The van der Waals surface area contributed by atoms with E-state index in [9.17, 15) is 4.79 Å². The summed E-state index contributed by atoms with van der Waals surface area (Å²) in [4.78, 5) is 13.0. The highest BCUT2D eigenvalue weighted by Crippen LogP contribution is 2.24. The summed E-state index contributed by atoms with van der Waals surface area (Å²) < 4.78 is 0.805. The number of aromatic nitrogens is 2. The van der Waals surface area contributed by atoms with E-state index in [0.717, 1.165) is 21.6 Å². The molecule has 0 unspecified atom stereocenters. The molecule has 2 rings (SSSR count). The number of amides is 1. The van der Waals surface area contributed by atoms with Crippen molar-refractivity contribution in [1.82, 2.24) is 15.5 Å². The highest BCUT2D eigenvalue weighted by atomic mass is 32.2. The molecule has 1 amide bonds. The van der Waals surface area contributed by atoms with Gasteiger partial charge in [-0.05, 0) is 24.3 Å². The van der Waals surface area contributed by atoms with Gasteiger partial charge in [-0.3, -0.25) is 4.79 Å². The Labute approximate surface area is 142 Å². The van der Waals surface area contributed by atoms with Crippen LogP contribution in [0.1, 0.15) is 6.42 Å². The monoisotopic (exact) mass is 354 g/mol. The van der Waals surface area contributed by atoms with E-state index >= 15 is 0 Å². The fraction of sp³-hybridized carbons (Fsp3) is 0.357. The van der Waals surface area contributed by atoms with E-state index in [-0.39, 0.29) is 5.91 Å². The quantitative estimate of drug-likeness (QED) is 0.533. The van der Waals surface area contributed by atoms with Gasteiger partial charge in [0.05, 0.1) is 5.75 Å². The summed E-state index contributed by atoms with van der Waals surface area (Å²) in [6.45, 7) is 0.705. The van der Waals surface area contributed by atoms with E-state index in [4.69, 9.17) is 0 Å². The standard InChI is InChI=1S/C14H18N4OS3/c1-15-13-17-18-14(22-13)21-10-12(19)16-8-5-9-20-11-6-3-2-4-7-11/h2-4,6-7H,5,8-10H2,1H3,(H,15,17)(H,16,19). The second-order valence-corrected chi connectivity index (χ2v) is 7.65. The molecule has 0 fully saturated rings. The molecule has 0 atom stereocenters. The molecule has 0 saturated heterocycles. The number of hydrogen-bond donors (Lipinski definition) is 2. The van der Waals surface area contributed by atoms with Crippen molar-refractivity contribution in [3.05, 3.63) is 30.3 Å². The van der Waals surface area contributed by atoms with Crippen molar-refractivity contribution in [2.45, 2.75) is 15.7 Å².